The van der Waals surface area contributed by atoms with Crippen molar-refractivity contribution in [1.82, 2.24) is 4.98 Å². The molecule has 3 aromatic rings. The van der Waals surface area contributed by atoms with Crippen LogP contribution in [0.15, 0.2) is 60.8 Å². The number of carbonyl (C=O) groups excluding carboxylic acids is 2. The summed E-state index contributed by atoms with van der Waals surface area (Å²) in [6.07, 6.45) is 3.13. The molecule has 136 valence electrons. The minimum Gasteiger partial charge on any atom is -0.481 e. The highest BCUT2D eigenvalue weighted by atomic mass is 16.5. The highest BCUT2D eigenvalue weighted by molar-refractivity contribution is 5.97. The monoisotopic (exact) mass is 361 g/mol. The Bertz CT molecular complexity index is 997. The Morgan fingerprint density at radius 3 is 2.85 bits per heavy atom. The molecular weight excluding hydrogens is 342 g/mol. The highest BCUT2D eigenvalue weighted by Crippen LogP contribution is 2.25. The molecule has 0 spiro atoms. The van der Waals surface area contributed by atoms with Crippen molar-refractivity contribution in [2.45, 2.75) is 12.8 Å². The zero-order valence-electron chi connectivity index (χ0n) is 14.7. The maximum atomic E-state index is 12.3. The molecule has 0 aliphatic carbocycles. The Hall–Kier alpha value is -3.41. The third-order valence-corrected chi connectivity index (χ3v) is 4.47. The first-order valence-electron chi connectivity index (χ1n) is 8.87. The van der Waals surface area contributed by atoms with Crippen LogP contribution < -0.4 is 15.0 Å². The van der Waals surface area contributed by atoms with E-state index >= 15 is 0 Å². The van der Waals surface area contributed by atoms with E-state index in [4.69, 9.17) is 4.74 Å². The molecule has 0 radical (unpaired) electrons. The van der Waals surface area contributed by atoms with E-state index < -0.39 is 0 Å². The van der Waals surface area contributed by atoms with Crippen molar-refractivity contribution in [2.24, 2.45) is 0 Å². The molecule has 1 aromatic heterocycles. The first-order chi connectivity index (χ1) is 13.2. The molecule has 6 nitrogen and oxygen atoms in total. The summed E-state index contributed by atoms with van der Waals surface area (Å²) >= 11 is 0. The van der Waals surface area contributed by atoms with Crippen molar-refractivity contribution in [3.05, 3.63) is 60.8 Å². The Morgan fingerprint density at radius 1 is 1.15 bits per heavy atom. The Kier molecular flexibility index (Phi) is 4.70. The van der Waals surface area contributed by atoms with Gasteiger partial charge in [-0.3, -0.25) is 14.6 Å². The lowest BCUT2D eigenvalue weighted by Crippen LogP contribution is -2.24. The molecule has 2 aromatic carbocycles. The topological polar surface area (TPSA) is 71.5 Å². The van der Waals surface area contributed by atoms with Gasteiger partial charge >= 0.3 is 0 Å². The van der Waals surface area contributed by atoms with Crippen LogP contribution in [-0.4, -0.2) is 29.9 Å². The molecule has 1 N–H and O–H groups in total. The fourth-order valence-electron chi connectivity index (χ4n) is 3.21. The van der Waals surface area contributed by atoms with Gasteiger partial charge in [-0.25, -0.2) is 0 Å². The second-order valence-electron chi connectivity index (χ2n) is 6.37. The number of rotatable bonds is 5. The van der Waals surface area contributed by atoms with Gasteiger partial charge in [0, 0.05) is 35.9 Å². The van der Waals surface area contributed by atoms with Gasteiger partial charge in [-0.05, 0) is 36.8 Å². The number of carbonyl (C=O) groups is 2. The summed E-state index contributed by atoms with van der Waals surface area (Å²) in [5, 5.41) is 3.77. The van der Waals surface area contributed by atoms with E-state index in [-0.39, 0.29) is 18.4 Å². The number of aromatic nitrogens is 1. The van der Waals surface area contributed by atoms with Gasteiger partial charge in [0.15, 0.2) is 6.61 Å². The van der Waals surface area contributed by atoms with E-state index in [9.17, 15) is 9.59 Å². The molecule has 1 saturated heterocycles. The number of hydrogen-bond donors (Lipinski definition) is 1. The number of anilines is 2. The van der Waals surface area contributed by atoms with Crippen molar-refractivity contribution in [1.29, 1.82) is 0 Å². The fraction of sp³-hybridized carbons (Fsp3) is 0.190. The summed E-state index contributed by atoms with van der Waals surface area (Å²) in [7, 11) is 0. The van der Waals surface area contributed by atoms with Crippen LogP contribution in [0, 0.1) is 0 Å². The zero-order valence-corrected chi connectivity index (χ0v) is 14.7. The van der Waals surface area contributed by atoms with Crippen molar-refractivity contribution in [3.8, 4) is 5.75 Å². The lowest BCUT2D eigenvalue weighted by atomic mass is 10.2. The minimum atomic E-state index is -0.271. The molecule has 0 saturated carbocycles. The van der Waals surface area contributed by atoms with Gasteiger partial charge in [0.25, 0.3) is 5.91 Å². The zero-order chi connectivity index (χ0) is 18.6. The number of benzene rings is 2. The number of nitrogens with one attached hydrogen (secondary N) is 1. The largest absolute Gasteiger partial charge is 0.481 e. The Balaban J connectivity index is 1.42. The van der Waals surface area contributed by atoms with Crippen LogP contribution >= 0.6 is 0 Å². The molecule has 1 aliphatic heterocycles. The van der Waals surface area contributed by atoms with Crippen LogP contribution in [-0.2, 0) is 9.59 Å². The molecule has 2 amide bonds. The Morgan fingerprint density at radius 2 is 2.00 bits per heavy atom. The number of ether oxygens (including phenoxy) is 1. The molecular formula is C21H19N3O3. The highest BCUT2D eigenvalue weighted by Gasteiger charge is 2.21. The van der Waals surface area contributed by atoms with Crippen molar-refractivity contribution < 1.29 is 14.3 Å². The third kappa shape index (κ3) is 3.74. The summed E-state index contributed by atoms with van der Waals surface area (Å²) in [5.41, 5.74) is 2.16. The van der Waals surface area contributed by atoms with E-state index in [0.717, 1.165) is 23.0 Å². The number of fused-ring (bicyclic) bond motifs is 1. The Labute approximate surface area is 156 Å². The molecule has 0 atom stereocenters. The third-order valence-electron chi connectivity index (χ3n) is 4.47. The molecule has 1 aliphatic rings. The lowest BCUT2D eigenvalue weighted by Gasteiger charge is -2.17. The lowest BCUT2D eigenvalue weighted by molar-refractivity contribution is -0.118. The molecule has 1 fully saturated rings. The molecule has 27 heavy (non-hydrogen) atoms. The second kappa shape index (κ2) is 7.45. The van der Waals surface area contributed by atoms with Crippen LogP contribution in [0.1, 0.15) is 12.8 Å². The van der Waals surface area contributed by atoms with Crippen molar-refractivity contribution in [2.75, 3.05) is 23.4 Å². The number of amides is 2. The number of hydrogen-bond acceptors (Lipinski definition) is 4. The molecule has 4 rings (SSSR count). The molecule has 2 heterocycles. The van der Waals surface area contributed by atoms with Crippen LogP contribution in [0.25, 0.3) is 10.9 Å². The van der Waals surface area contributed by atoms with Gasteiger partial charge in [0.1, 0.15) is 11.3 Å². The van der Waals surface area contributed by atoms with Gasteiger partial charge in [-0.2, -0.15) is 0 Å². The van der Waals surface area contributed by atoms with E-state index in [1.165, 1.54) is 0 Å². The summed E-state index contributed by atoms with van der Waals surface area (Å²) < 4.78 is 5.66. The second-order valence-corrected chi connectivity index (χ2v) is 6.37. The first kappa shape index (κ1) is 17.0. The van der Waals surface area contributed by atoms with Crippen LogP contribution in [0.5, 0.6) is 5.75 Å². The first-order valence-corrected chi connectivity index (χ1v) is 8.87. The van der Waals surface area contributed by atoms with Crippen molar-refractivity contribution >= 4 is 34.1 Å². The van der Waals surface area contributed by atoms with Gasteiger partial charge in [0.05, 0.1) is 0 Å². The maximum absolute atomic E-state index is 12.3. The number of pyridine rings is 1. The average molecular weight is 361 g/mol. The van der Waals surface area contributed by atoms with E-state index in [1.807, 2.05) is 36.4 Å². The van der Waals surface area contributed by atoms with Crippen molar-refractivity contribution in [3.63, 3.8) is 0 Å². The number of para-hydroxylation sites is 1. The quantitative estimate of drug-likeness (QED) is 0.756. The van der Waals surface area contributed by atoms with Crippen LogP contribution in [0.2, 0.25) is 0 Å². The summed E-state index contributed by atoms with van der Waals surface area (Å²) in [4.78, 5) is 30.2. The fourth-order valence-corrected chi connectivity index (χ4v) is 3.21. The predicted molar refractivity (Wildman–Crippen MR) is 104 cm³/mol. The summed E-state index contributed by atoms with van der Waals surface area (Å²) in [6, 6.07) is 16.7. The van der Waals surface area contributed by atoms with Gasteiger partial charge in [-0.1, -0.05) is 24.3 Å². The SMILES string of the molecule is O=C(COc1cccc2cccnc12)Nc1cccc(N2CCCC2=O)c1. The average Bonchev–Trinajstić information content (AvgIpc) is 3.12. The van der Waals surface area contributed by atoms with Gasteiger partial charge < -0.3 is 15.0 Å². The maximum Gasteiger partial charge on any atom is 0.262 e. The van der Waals surface area contributed by atoms with E-state index in [0.29, 0.717) is 24.4 Å². The van der Waals surface area contributed by atoms with Crippen LogP contribution in [0.4, 0.5) is 11.4 Å². The molecule has 0 bridgehead atoms. The standard InChI is InChI=1S/C21H19N3O3/c25-19(14-27-18-9-1-5-15-6-3-11-22-21(15)18)23-16-7-2-8-17(13-16)24-12-4-10-20(24)26/h1-3,5-9,11,13H,4,10,12,14H2,(H,23,25). The normalized spacial score (nSPS) is 13.8. The van der Waals surface area contributed by atoms with E-state index in [1.54, 1.807) is 29.3 Å². The predicted octanol–water partition coefficient (Wildman–Crippen LogP) is 3.38. The molecule has 0 unspecified atom stereocenters. The smallest absolute Gasteiger partial charge is 0.262 e. The molecule has 6 heteroatoms. The summed E-state index contributed by atoms with van der Waals surface area (Å²) in [5.74, 6) is 0.415. The van der Waals surface area contributed by atoms with Crippen LogP contribution in [0.3, 0.4) is 0 Å². The summed E-state index contributed by atoms with van der Waals surface area (Å²) in [6.45, 7) is 0.593. The van der Waals surface area contributed by atoms with Gasteiger partial charge in [0.2, 0.25) is 5.91 Å². The number of nitrogens with zero attached hydrogens (tertiary/aromatic N) is 2. The van der Waals surface area contributed by atoms with Gasteiger partial charge in [-0.15, -0.1) is 0 Å². The minimum absolute atomic E-state index is 0.116. The van der Waals surface area contributed by atoms with E-state index in [2.05, 4.69) is 10.3 Å².